The Kier molecular flexibility index (Phi) is 4.47. The van der Waals surface area contributed by atoms with Gasteiger partial charge in [-0.25, -0.2) is 4.52 Å². The van der Waals surface area contributed by atoms with Crippen molar-refractivity contribution in [2.75, 3.05) is 19.5 Å². The molecule has 0 atom stereocenters. The number of nitrogens with zero attached hydrogens (tertiary/aromatic N) is 2. The van der Waals surface area contributed by atoms with Crippen molar-refractivity contribution >= 4 is 23.2 Å². The van der Waals surface area contributed by atoms with Crippen LogP contribution in [-0.2, 0) is 4.79 Å². The first kappa shape index (κ1) is 15.6. The second kappa shape index (κ2) is 6.87. The number of hydrogen-bond acceptors (Lipinski definition) is 4. The third-order valence-corrected chi connectivity index (χ3v) is 3.50. The first-order valence-electron chi connectivity index (χ1n) is 7.34. The van der Waals surface area contributed by atoms with Gasteiger partial charge in [0.25, 0.3) is 0 Å². The number of nitrogens with one attached hydrogen (secondary N) is 1. The van der Waals surface area contributed by atoms with Crippen LogP contribution >= 0.6 is 0 Å². The molecule has 1 aromatic carbocycles. The molecule has 2 heterocycles. The lowest BCUT2D eigenvalue weighted by atomic mass is 10.2. The molecule has 6 nitrogen and oxygen atoms in total. The number of anilines is 1. The van der Waals surface area contributed by atoms with E-state index in [-0.39, 0.29) is 5.91 Å². The van der Waals surface area contributed by atoms with E-state index in [1.54, 1.807) is 55.4 Å². The second-order valence-corrected chi connectivity index (χ2v) is 5.05. The Bertz CT molecular complexity index is 899. The standard InChI is InChI=1S/C18H17N3O3/c1-23-16-5-3-13(11-17(16)24-2)4-6-18(22)20-14-8-10-21-15(12-14)7-9-19-21/h3-12H,1-2H3,(H,20,22)/b6-4+. The Labute approximate surface area is 139 Å². The summed E-state index contributed by atoms with van der Waals surface area (Å²) < 4.78 is 12.2. The zero-order chi connectivity index (χ0) is 16.9. The largest absolute Gasteiger partial charge is 0.493 e. The fraction of sp³-hybridized carbons (Fsp3) is 0.111. The molecule has 3 aromatic rings. The van der Waals surface area contributed by atoms with Gasteiger partial charge in [-0.15, -0.1) is 0 Å². The maximum absolute atomic E-state index is 12.1. The maximum Gasteiger partial charge on any atom is 0.248 e. The van der Waals surface area contributed by atoms with E-state index < -0.39 is 0 Å². The van der Waals surface area contributed by atoms with Crippen LogP contribution in [0.15, 0.2) is 54.9 Å². The van der Waals surface area contributed by atoms with Gasteiger partial charge in [0.1, 0.15) is 0 Å². The van der Waals surface area contributed by atoms with Gasteiger partial charge in [-0.1, -0.05) is 6.07 Å². The summed E-state index contributed by atoms with van der Waals surface area (Å²) >= 11 is 0. The maximum atomic E-state index is 12.1. The monoisotopic (exact) mass is 323 g/mol. The number of hydrogen-bond donors (Lipinski definition) is 1. The van der Waals surface area contributed by atoms with E-state index in [0.29, 0.717) is 17.2 Å². The predicted octanol–water partition coefficient (Wildman–Crippen LogP) is 3.00. The smallest absolute Gasteiger partial charge is 0.248 e. The minimum Gasteiger partial charge on any atom is -0.493 e. The molecule has 6 heteroatoms. The summed E-state index contributed by atoms with van der Waals surface area (Å²) in [5.41, 5.74) is 2.47. The summed E-state index contributed by atoms with van der Waals surface area (Å²) in [6.07, 6.45) is 6.69. The van der Waals surface area contributed by atoms with Gasteiger partial charge >= 0.3 is 0 Å². The van der Waals surface area contributed by atoms with E-state index in [1.165, 1.54) is 6.08 Å². The molecule has 3 rings (SSSR count). The number of fused-ring (bicyclic) bond motifs is 1. The number of rotatable bonds is 5. The van der Waals surface area contributed by atoms with Crippen molar-refractivity contribution in [2.24, 2.45) is 0 Å². The lowest BCUT2D eigenvalue weighted by Gasteiger charge is -2.07. The van der Waals surface area contributed by atoms with Crippen LogP contribution in [0.1, 0.15) is 5.56 Å². The van der Waals surface area contributed by atoms with Gasteiger partial charge in [-0.2, -0.15) is 5.10 Å². The zero-order valence-electron chi connectivity index (χ0n) is 13.4. The van der Waals surface area contributed by atoms with Crippen molar-refractivity contribution in [3.63, 3.8) is 0 Å². The molecule has 122 valence electrons. The minimum absolute atomic E-state index is 0.214. The normalized spacial score (nSPS) is 10.9. The average Bonchev–Trinajstić information content (AvgIpc) is 3.07. The van der Waals surface area contributed by atoms with Crippen LogP contribution in [0.5, 0.6) is 11.5 Å². The molecule has 1 amide bonds. The summed E-state index contributed by atoms with van der Waals surface area (Å²) in [5.74, 6) is 1.05. The van der Waals surface area contributed by atoms with Crippen LogP contribution in [0, 0.1) is 0 Å². The lowest BCUT2D eigenvalue weighted by Crippen LogP contribution is -2.08. The van der Waals surface area contributed by atoms with Crippen LogP contribution in [0.3, 0.4) is 0 Å². The van der Waals surface area contributed by atoms with Crippen molar-refractivity contribution in [2.45, 2.75) is 0 Å². The third kappa shape index (κ3) is 3.38. The van der Waals surface area contributed by atoms with Crippen LogP contribution in [0.4, 0.5) is 5.69 Å². The van der Waals surface area contributed by atoms with Crippen LogP contribution in [0.2, 0.25) is 0 Å². The Morgan fingerprint density at radius 2 is 1.96 bits per heavy atom. The van der Waals surface area contributed by atoms with Crippen molar-refractivity contribution in [1.29, 1.82) is 0 Å². The predicted molar refractivity (Wildman–Crippen MR) is 92.4 cm³/mol. The molecule has 0 saturated heterocycles. The molecule has 24 heavy (non-hydrogen) atoms. The van der Waals surface area contributed by atoms with Gasteiger partial charge in [0.2, 0.25) is 5.91 Å². The van der Waals surface area contributed by atoms with Gasteiger partial charge in [0.15, 0.2) is 11.5 Å². The first-order valence-corrected chi connectivity index (χ1v) is 7.34. The van der Waals surface area contributed by atoms with E-state index in [4.69, 9.17) is 9.47 Å². The van der Waals surface area contributed by atoms with E-state index in [0.717, 1.165) is 11.1 Å². The van der Waals surface area contributed by atoms with Crippen LogP contribution in [-0.4, -0.2) is 29.7 Å². The Morgan fingerprint density at radius 3 is 2.75 bits per heavy atom. The number of pyridine rings is 1. The number of aromatic nitrogens is 2. The summed E-state index contributed by atoms with van der Waals surface area (Å²) in [6.45, 7) is 0. The summed E-state index contributed by atoms with van der Waals surface area (Å²) in [7, 11) is 3.16. The first-order chi connectivity index (χ1) is 11.7. The molecule has 0 fully saturated rings. The van der Waals surface area contributed by atoms with Gasteiger partial charge in [-0.3, -0.25) is 4.79 Å². The Balaban J connectivity index is 1.70. The van der Waals surface area contributed by atoms with Crippen molar-refractivity contribution < 1.29 is 14.3 Å². The average molecular weight is 323 g/mol. The van der Waals surface area contributed by atoms with E-state index in [9.17, 15) is 4.79 Å². The quantitative estimate of drug-likeness (QED) is 0.733. The third-order valence-electron chi connectivity index (χ3n) is 3.50. The number of carbonyl (C=O) groups is 1. The fourth-order valence-corrected chi connectivity index (χ4v) is 2.31. The Hall–Kier alpha value is -3.28. The molecule has 0 aliphatic heterocycles. The van der Waals surface area contributed by atoms with E-state index in [1.807, 2.05) is 18.2 Å². The molecule has 0 aliphatic rings. The molecule has 0 aliphatic carbocycles. The second-order valence-electron chi connectivity index (χ2n) is 5.05. The number of amides is 1. The number of benzene rings is 1. The van der Waals surface area contributed by atoms with Crippen molar-refractivity contribution in [3.05, 3.63) is 60.4 Å². The fourth-order valence-electron chi connectivity index (χ4n) is 2.31. The van der Waals surface area contributed by atoms with Gasteiger partial charge in [0.05, 0.1) is 19.7 Å². The van der Waals surface area contributed by atoms with Gasteiger partial charge in [-0.05, 0) is 42.0 Å². The molecule has 1 N–H and O–H groups in total. The molecule has 2 aromatic heterocycles. The summed E-state index contributed by atoms with van der Waals surface area (Å²) in [6, 6.07) is 11.0. The highest BCUT2D eigenvalue weighted by molar-refractivity contribution is 6.02. The number of ether oxygens (including phenoxy) is 2. The SMILES string of the molecule is COc1ccc(/C=C/C(=O)Nc2ccn3nccc3c2)cc1OC. The molecule has 0 unspecified atom stereocenters. The summed E-state index contributed by atoms with van der Waals surface area (Å²) in [5, 5.41) is 6.94. The van der Waals surface area contributed by atoms with Crippen LogP contribution < -0.4 is 14.8 Å². The number of methoxy groups -OCH3 is 2. The Morgan fingerprint density at radius 1 is 1.12 bits per heavy atom. The van der Waals surface area contributed by atoms with E-state index in [2.05, 4.69) is 10.4 Å². The highest BCUT2D eigenvalue weighted by atomic mass is 16.5. The van der Waals surface area contributed by atoms with Crippen molar-refractivity contribution in [1.82, 2.24) is 9.61 Å². The summed E-state index contributed by atoms with van der Waals surface area (Å²) in [4.78, 5) is 12.1. The molecule has 0 saturated carbocycles. The zero-order valence-corrected chi connectivity index (χ0v) is 13.4. The molecule has 0 bridgehead atoms. The molecule has 0 spiro atoms. The minimum atomic E-state index is -0.214. The topological polar surface area (TPSA) is 64.9 Å². The van der Waals surface area contributed by atoms with Gasteiger partial charge < -0.3 is 14.8 Å². The van der Waals surface area contributed by atoms with Crippen molar-refractivity contribution in [3.8, 4) is 11.5 Å². The molecule has 0 radical (unpaired) electrons. The highest BCUT2D eigenvalue weighted by Crippen LogP contribution is 2.27. The van der Waals surface area contributed by atoms with Crippen LogP contribution in [0.25, 0.3) is 11.6 Å². The molecular formula is C18H17N3O3. The van der Waals surface area contributed by atoms with Gasteiger partial charge in [0, 0.05) is 24.2 Å². The van der Waals surface area contributed by atoms with E-state index >= 15 is 0 Å². The number of carbonyl (C=O) groups excluding carboxylic acids is 1. The molecular weight excluding hydrogens is 306 g/mol. The highest BCUT2D eigenvalue weighted by Gasteiger charge is 2.04. The lowest BCUT2D eigenvalue weighted by molar-refractivity contribution is -0.111.